The molecule has 1 aromatic heterocycles. The molecule has 2 rings (SSSR count). The zero-order valence-electron chi connectivity index (χ0n) is 10.9. The number of halogens is 1. The second kappa shape index (κ2) is 5.27. The molecular weight excluding hydrogens is 291 g/mol. The number of rotatable bonds is 4. The third kappa shape index (κ3) is 3.38. The van der Waals surface area contributed by atoms with E-state index >= 15 is 0 Å². The molecule has 0 radical (unpaired) electrons. The Balaban J connectivity index is 2.21. The first-order chi connectivity index (χ1) is 9.28. The highest BCUT2D eigenvalue weighted by molar-refractivity contribution is 7.86. The molecule has 1 aliphatic rings. The maximum absolute atomic E-state index is 12.7. The highest BCUT2D eigenvalue weighted by Crippen LogP contribution is 2.24. The summed E-state index contributed by atoms with van der Waals surface area (Å²) in [4.78, 5) is 24.9. The Morgan fingerprint density at radius 2 is 2.10 bits per heavy atom. The molecule has 1 aliphatic heterocycles. The summed E-state index contributed by atoms with van der Waals surface area (Å²) in [6.07, 6.45) is -0.0593. The summed E-state index contributed by atoms with van der Waals surface area (Å²) in [5.41, 5.74) is 0. The lowest BCUT2D eigenvalue weighted by Crippen LogP contribution is -2.28. The van der Waals surface area contributed by atoms with Gasteiger partial charge in [0.25, 0.3) is 0 Å². The van der Waals surface area contributed by atoms with Gasteiger partial charge in [-0.25, -0.2) is 0 Å². The van der Waals surface area contributed by atoms with Gasteiger partial charge in [-0.2, -0.15) is 23.4 Å². The zero-order valence-corrected chi connectivity index (χ0v) is 11.7. The van der Waals surface area contributed by atoms with Crippen LogP contribution in [0.4, 0.5) is 9.83 Å². The number of methoxy groups -OCH3 is 1. The van der Waals surface area contributed by atoms with E-state index in [0.717, 1.165) is 0 Å². The standard InChI is InChI=1S/C10H13FN4O4S/c1-6-12-9(14-10(13-6)19-2)15-4-7(3-8(15)16)5-20(11,17)18/h7H,3-5H2,1-2H3. The molecule has 10 heteroatoms. The first kappa shape index (κ1) is 14.6. The predicted molar refractivity (Wildman–Crippen MR) is 66.5 cm³/mol. The lowest BCUT2D eigenvalue weighted by Gasteiger charge is -2.14. The molecule has 20 heavy (non-hydrogen) atoms. The quantitative estimate of drug-likeness (QED) is 0.712. The summed E-state index contributed by atoms with van der Waals surface area (Å²) in [6, 6.07) is 0.0573. The molecule has 0 aromatic carbocycles. The van der Waals surface area contributed by atoms with Gasteiger partial charge in [0.05, 0.1) is 12.9 Å². The molecule has 0 N–H and O–H groups in total. The predicted octanol–water partition coefficient (Wildman–Crippen LogP) is -0.159. The van der Waals surface area contributed by atoms with E-state index in [0.29, 0.717) is 5.82 Å². The molecule has 1 aromatic rings. The number of anilines is 1. The van der Waals surface area contributed by atoms with Crippen molar-refractivity contribution < 1.29 is 21.8 Å². The van der Waals surface area contributed by atoms with E-state index in [1.807, 2.05) is 0 Å². The van der Waals surface area contributed by atoms with Crippen molar-refractivity contribution in [3.63, 3.8) is 0 Å². The highest BCUT2D eigenvalue weighted by atomic mass is 32.3. The van der Waals surface area contributed by atoms with Crippen LogP contribution in [0, 0.1) is 12.8 Å². The van der Waals surface area contributed by atoms with Gasteiger partial charge in [0.15, 0.2) is 0 Å². The normalized spacial score (nSPS) is 19.4. The average molecular weight is 304 g/mol. The Labute approximate surface area is 115 Å². The van der Waals surface area contributed by atoms with Crippen LogP contribution in [0.2, 0.25) is 0 Å². The van der Waals surface area contributed by atoms with Crippen molar-refractivity contribution in [2.45, 2.75) is 13.3 Å². The van der Waals surface area contributed by atoms with Crippen molar-refractivity contribution >= 4 is 22.1 Å². The summed E-state index contributed by atoms with van der Waals surface area (Å²) >= 11 is 0. The molecule has 1 amide bonds. The van der Waals surface area contributed by atoms with Gasteiger partial charge in [-0.15, -0.1) is 3.89 Å². The van der Waals surface area contributed by atoms with Crippen molar-refractivity contribution in [2.75, 3.05) is 24.3 Å². The van der Waals surface area contributed by atoms with Gasteiger partial charge in [-0.05, 0) is 6.92 Å². The summed E-state index contributed by atoms with van der Waals surface area (Å²) in [5.74, 6) is -1.21. The number of amides is 1. The van der Waals surface area contributed by atoms with E-state index in [1.54, 1.807) is 6.92 Å². The van der Waals surface area contributed by atoms with Crippen molar-refractivity contribution in [3.8, 4) is 6.01 Å². The SMILES string of the molecule is COc1nc(C)nc(N2CC(CS(=O)(=O)F)CC2=O)n1. The van der Waals surface area contributed by atoms with Crippen LogP contribution in [0.25, 0.3) is 0 Å². The maximum Gasteiger partial charge on any atom is 0.321 e. The number of nitrogens with zero attached hydrogens (tertiary/aromatic N) is 4. The average Bonchev–Trinajstić information content (AvgIpc) is 2.66. The van der Waals surface area contributed by atoms with E-state index in [-0.39, 0.29) is 30.8 Å². The molecule has 2 heterocycles. The molecule has 0 bridgehead atoms. The fraction of sp³-hybridized carbons (Fsp3) is 0.600. The summed E-state index contributed by atoms with van der Waals surface area (Å²) in [6.45, 7) is 1.66. The van der Waals surface area contributed by atoms with Gasteiger partial charge in [0.2, 0.25) is 11.9 Å². The first-order valence-electron chi connectivity index (χ1n) is 5.78. The molecule has 110 valence electrons. The zero-order chi connectivity index (χ0) is 14.9. The van der Waals surface area contributed by atoms with Gasteiger partial charge in [-0.1, -0.05) is 0 Å². The van der Waals surface area contributed by atoms with Gasteiger partial charge < -0.3 is 4.74 Å². The second-order valence-corrected chi connectivity index (χ2v) is 5.86. The summed E-state index contributed by atoms with van der Waals surface area (Å²) < 4.78 is 38.8. The fourth-order valence-electron chi connectivity index (χ4n) is 2.02. The number of ether oxygens (including phenoxy) is 1. The van der Waals surface area contributed by atoms with Gasteiger partial charge >= 0.3 is 16.2 Å². The molecule has 1 unspecified atom stereocenters. The van der Waals surface area contributed by atoms with E-state index in [9.17, 15) is 17.1 Å². The maximum atomic E-state index is 12.7. The van der Waals surface area contributed by atoms with Crippen LogP contribution in [0.5, 0.6) is 6.01 Å². The van der Waals surface area contributed by atoms with Crippen molar-refractivity contribution in [1.82, 2.24) is 15.0 Å². The van der Waals surface area contributed by atoms with Gasteiger partial charge in [0, 0.05) is 18.9 Å². The molecular formula is C10H13FN4O4S. The molecule has 8 nitrogen and oxygen atoms in total. The molecule has 0 spiro atoms. The van der Waals surface area contributed by atoms with Crippen LogP contribution in [0.1, 0.15) is 12.2 Å². The number of aryl methyl sites for hydroxylation is 1. The van der Waals surface area contributed by atoms with Gasteiger partial charge in [-0.3, -0.25) is 9.69 Å². The monoisotopic (exact) mass is 304 g/mol. The van der Waals surface area contributed by atoms with E-state index in [4.69, 9.17) is 4.74 Å². The van der Waals surface area contributed by atoms with E-state index in [2.05, 4.69) is 15.0 Å². The molecule has 1 fully saturated rings. The molecule has 0 aliphatic carbocycles. The third-order valence-electron chi connectivity index (χ3n) is 2.78. The smallest absolute Gasteiger partial charge is 0.321 e. The van der Waals surface area contributed by atoms with Crippen molar-refractivity contribution in [1.29, 1.82) is 0 Å². The topological polar surface area (TPSA) is 102 Å². The number of carbonyl (C=O) groups is 1. The Bertz CT molecular complexity index is 636. The molecule has 1 atom stereocenters. The van der Waals surface area contributed by atoms with E-state index in [1.165, 1.54) is 12.0 Å². The van der Waals surface area contributed by atoms with Crippen LogP contribution < -0.4 is 9.64 Å². The number of aromatic nitrogens is 3. The van der Waals surface area contributed by atoms with Crippen molar-refractivity contribution in [3.05, 3.63) is 5.82 Å². The Hall–Kier alpha value is -1.84. The fourth-order valence-corrected chi connectivity index (χ4v) is 2.81. The van der Waals surface area contributed by atoms with Crippen LogP contribution in [0.15, 0.2) is 0 Å². The summed E-state index contributed by atoms with van der Waals surface area (Å²) in [5, 5.41) is 0. The van der Waals surface area contributed by atoms with Crippen LogP contribution in [-0.2, 0) is 15.0 Å². The lowest BCUT2D eigenvalue weighted by molar-refractivity contribution is -0.117. The van der Waals surface area contributed by atoms with Crippen molar-refractivity contribution in [2.24, 2.45) is 5.92 Å². The minimum absolute atomic E-state index is 0.0502. The molecule has 1 saturated heterocycles. The lowest BCUT2D eigenvalue weighted by atomic mass is 10.1. The van der Waals surface area contributed by atoms with Gasteiger partial charge in [0.1, 0.15) is 5.82 Å². The number of carbonyl (C=O) groups excluding carboxylic acids is 1. The Morgan fingerprint density at radius 3 is 2.70 bits per heavy atom. The molecule has 0 saturated carbocycles. The Kier molecular flexibility index (Phi) is 3.84. The van der Waals surface area contributed by atoms with E-state index < -0.39 is 21.9 Å². The number of hydrogen-bond acceptors (Lipinski definition) is 7. The minimum Gasteiger partial charge on any atom is -0.467 e. The minimum atomic E-state index is -4.61. The highest BCUT2D eigenvalue weighted by Gasteiger charge is 2.35. The van der Waals surface area contributed by atoms with Crippen LogP contribution in [0.3, 0.4) is 0 Å². The first-order valence-corrected chi connectivity index (χ1v) is 7.33. The van der Waals surface area contributed by atoms with Crippen LogP contribution >= 0.6 is 0 Å². The Morgan fingerprint density at radius 1 is 1.40 bits per heavy atom. The summed E-state index contributed by atoms with van der Waals surface area (Å²) in [7, 11) is -3.24. The largest absolute Gasteiger partial charge is 0.467 e. The van der Waals surface area contributed by atoms with Crippen LogP contribution in [-0.4, -0.2) is 48.7 Å². The second-order valence-electron chi connectivity index (χ2n) is 4.45. The number of hydrogen-bond donors (Lipinski definition) is 0. The third-order valence-corrected chi connectivity index (χ3v) is 3.65.